The van der Waals surface area contributed by atoms with Crippen molar-refractivity contribution in [1.29, 1.82) is 0 Å². The zero-order valence-corrected chi connectivity index (χ0v) is 12.8. The number of nitro groups is 1. The minimum atomic E-state index is -0.554. The van der Waals surface area contributed by atoms with Crippen molar-refractivity contribution in [2.45, 2.75) is 0 Å². The molecule has 0 atom stereocenters. The van der Waals surface area contributed by atoms with Crippen LogP contribution < -0.4 is 0 Å². The predicted molar refractivity (Wildman–Crippen MR) is 88.4 cm³/mol. The van der Waals surface area contributed by atoms with Gasteiger partial charge in [-0.15, -0.1) is 0 Å². The van der Waals surface area contributed by atoms with Gasteiger partial charge in [0.15, 0.2) is 5.82 Å². The average molecular weight is 342 g/mol. The largest absolute Gasteiger partial charge is 0.507 e. The minimum absolute atomic E-state index is 0.137. The van der Waals surface area contributed by atoms with Gasteiger partial charge in [0.25, 0.3) is 5.69 Å². The van der Waals surface area contributed by atoms with Crippen LogP contribution in [0, 0.1) is 14.9 Å². The molecule has 0 unspecified atom stereocenters. The van der Waals surface area contributed by atoms with Crippen LogP contribution in [0.3, 0.4) is 0 Å². The lowest BCUT2D eigenvalue weighted by atomic mass is 10.2. The number of aromatic hydroxyl groups is 1. The molecule has 0 aliphatic carbocycles. The quantitative estimate of drug-likeness (QED) is 0.325. The fourth-order valence-electron chi connectivity index (χ4n) is 1.96. The summed E-state index contributed by atoms with van der Waals surface area (Å²) in [6.45, 7) is 0. The lowest BCUT2D eigenvalue weighted by Gasteiger charge is -2.01. The van der Waals surface area contributed by atoms with Gasteiger partial charge in [-0.2, -0.15) is 14.9 Å². The molecule has 24 heavy (non-hydrogen) atoms. The number of pyridine rings is 1. The SMILES string of the molecule is O=[N+]([O-])c1ccc(O)c(C=Nn2c(-c3cccnc3)n[nH]c2=S)c1. The maximum absolute atomic E-state index is 10.8. The van der Waals surface area contributed by atoms with Crippen LogP contribution in [-0.2, 0) is 0 Å². The molecule has 0 bridgehead atoms. The second-order valence-corrected chi connectivity index (χ2v) is 5.04. The van der Waals surface area contributed by atoms with Gasteiger partial charge in [-0.1, -0.05) is 0 Å². The van der Waals surface area contributed by atoms with Gasteiger partial charge in [-0.05, 0) is 30.4 Å². The Morgan fingerprint density at radius 3 is 2.96 bits per heavy atom. The first-order valence-electron chi connectivity index (χ1n) is 6.66. The molecular formula is C14H10N6O3S. The number of aromatic amines is 1. The Morgan fingerprint density at radius 2 is 2.25 bits per heavy atom. The maximum atomic E-state index is 10.8. The highest BCUT2D eigenvalue weighted by atomic mass is 32.1. The molecule has 120 valence electrons. The number of hydrogen-bond donors (Lipinski definition) is 2. The number of non-ortho nitro benzene ring substituents is 1. The summed E-state index contributed by atoms with van der Waals surface area (Å²) in [5.41, 5.74) is 0.715. The monoisotopic (exact) mass is 342 g/mol. The van der Waals surface area contributed by atoms with Gasteiger partial charge in [0.05, 0.1) is 11.1 Å². The Kier molecular flexibility index (Phi) is 4.12. The van der Waals surface area contributed by atoms with Crippen LogP contribution in [-0.4, -0.2) is 36.1 Å². The minimum Gasteiger partial charge on any atom is -0.507 e. The molecule has 0 radical (unpaired) electrons. The lowest BCUT2D eigenvalue weighted by Crippen LogP contribution is -1.96. The molecule has 1 aromatic carbocycles. The van der Waals surface area contributed by atoms with E-state index in [9.17, 15) is 15.2 Å². The molecule has 0 fully saturated rings. The number of H-pyrrole nitrogens is 1. The van der Waals surface area contributed by atoms with Crippen LogP contribution in [0.25, 0.3) is 11.4 Å². The molecule has 2 aromatic heterocycles. The van der Waals surface area contributed by atoms with E-state index in [2.05, 4.69) is 20.3 Å². The van der Waals surface area contributed by atoms with Gasteiger partial charge >= 0.3 is 0 Å². The van der Waals surface area contributed by atoms with E-state index in [0.29, 0.717) is 11.4 Å². The Bertz CT molecular complexity index is 980. The van der Waals surface area contributed by atoms with Crippen molar-refractivity contribution < 1.29 is 10.0 Å². The second-order valence-electron chi connectivity index (χ2n) is 4.65. The van der Waals surface area contributed by atoms with Gasteiger partial charge in [-0.25, -0.2) is 5.10 Å². The van der Waals surface area contributed by atoms with Crippen LogP contribution in [0.5, 0.6) is 5.75 Å². The average Bonchev–Trinajstić information content (AvgIpc) is 2.95. The van der Waals surface area contributed by atoms with E-state index < -0.39 is 4.92 Å². The van der Waals surface area contributed by atoms with Crippen molar-refractivity contribution in [3.05, 3.63) is 63.2 Å². The van der Waals surface area contributed by atoms with Crippen molar-refractivity contribution in [3.63, 3.8) is 0 Å². The van der Waals surface area contributed by atoms with Crippen LogP contribution in [0.15, 0.2) is 47.8 Å². The van der Waals surface area contributed by atoms with Gasteiger partial charge < -0.3 is 5.11 Å². The van der Waals surface area contributed by atoms with E-state index in [1.54, 1.807) is 24.5 Å². The normalized spacial score (nSPS) is 11.0. The number of aromatic nitrogens is 4. The first kappa shape index (κ1) is 15.5. The smallest absolute Gasteiger partial charge is 0.270 e. The molecule has 0 amide bonds. The summed E-state index contributed by atoms with van der Waals surface area (Å²) in [6.07, 6.45) is 4.49. The molecule has 3 aromatic rings. The van der Waals surface area contributed by atoms with Gasteiger partial charge in [-0.3, -0.25) is 15.1 Å². The second kappa shape index (κ2) is 6.38. The first-order chi connectivity index (χ1) is 11.6. The number of rotatable bonds is 4. The highest BCUT2D eigenvalue weighted by molar-refractivity contribution is 7.71. The number of benzene rings is 1. The fraction of sp³-hybridized carbons (Fsp3) is 0. The zero-order valence-electron chi connectivity index (χ0n) is 12.0. The van der Waals surface area contributed by atoms with E-state index in [4.69, 9.17) is 12.2 Å². The van der Waals surface area contributed by atoms with Gasteiger partial charge in [0.2, 0.25) is 4.77 Å². The van der Waals surface area contributed by atoms with E-state index in [1.807, 2.05) is 0 Å². The standard InChI is InChI=1S/C14H10N6O3S/c21-12-4-3-11(20(22)23)6-10(12)8-16-19-13(17-18-14(19)24)9-2-1-5-15-7-9/h1-8,21H,(H,18,24). The molecule has 3 rings (SSSR count). The van der Waals surface area contributed by atoms with Crippen LogP contribution >= 0.6 is 12.2 Å². The Labute approximate surface area is 140 Å². The number of hydrogen-bond acceptors (Lipinski definition) is 7. The maximum Gasteiger partial charge on any atom is 0.270 e. The Hall–Kier alpha value is -3.40. The molecule has 2 heterocycles. The number of phenolic OH excluding ortho intramolecular Hbond substituents is 1. The highest BCUT2D eigenvalue weighted by Gasteiger charge is 2.10. The van der Waals surface area contributed by atoms with Crippen molar-refractivity contribution >= 4 is 24.1 Å². The van der Waals surface area contributed by atoms with E-state index >= 15 is 0 Å². The first-order valence-corrected chi connectivity index (χ1v) is 7.06. The summed E-state index contributed by atoms with van der Waals surface area (Å²) in [5.74, 6) is 0.288. The van der Waals surface area contributed by atoms with Crippen LogP contribution in [0.1, 0.15) is 5.56 Å². The predicted octanol–water partition coefficient (Wildman–Crippen LogP) is 2.50. The van der Waals surface area contributed by atoms with Crippen molar-refractivity contribution in [1.82, 2.24) is 19.9 Å². The fourth-order valence-corrected chi connectivity index (χ4v) is 2.14. The van der Waals surface area contributed by atoms with E-state index in [0.717, 1.165) is 0 Å². The summed E-state index contributed by atoms with van der Waals surface area (Å²) < 4.78 is 1.57. The summed E-state index contributed by atoms with van der Waals surface area (Å²) >= 11 is 5.13. The molecule has 10 heteroatoms. The molecular weight excluding hydrogens is 332 g/mol. The molecule has 0 aliphatic heterocycles. The van der Waals surface area contributed by atoms with Crippen LogP contribution in [0.2, 0.25) is 0 Å². The molecule has 0 saturated heterocycles. The molecule has 0 spiro atoms. The van der Waals surface area contributed by atoms with Crippen molar-refractivity contribution in [3.8, 4) is 17.1 Å². The molecule has 2 N–H and O–H groups in total. The topological polar surface area (TPSA) is 122 Å². The third-order valence-electron chi connectivity index (χ3n) is 3.10. The number of nitro benzene ring substituents is 1. The summed E-state index contributed by atoms with van der Waals surface area (Å²) in [5, 5.41) is 31.5. The highest BCUT2D eigenvalue weighted by Crippen LogP contribution is 2.22. The Morgan fingerprint density at radius 1 is 1.42 bits per heavy atom. The zero-order chi connectivity index (χ0) is 17.1. The van der Waals surface area contributed by atoms with E-state index in [-0.39, 0.29) is 21.8 Å². The number of nitrogens with one attached hydrogen (secondary N) is 1. The molecule has 0 saturated carbocycles. The Balaban J connectivity index is 2.02. The van der Waals surface area contributed by atoms with Crippen molar-refractivity contribution in [2.24, 2.45) is 5.10 Å². The van der Waals surface area contributed by atoms with Crippen molar-refractivity contribution in [2.75, 3.05) is 0 Å². The third-order valence-corrected chi connectivity index (χ3v) is 3.37. The van der Waals surface area contributed by atoms with Crippen LogP contribution in [0.4, 0.5) is 5.69 Å². The summed E-state index contributed by atoms with van der Waals surface area (Å²) in [7, 11) is 0. The third kappa shape index (κ3) is 3.03. The molecule has 9 nitrogen and oxygen atoms in total. The number of nitrogens with zero attached hydrogens (tertiary/aromatic N) is 5. The van der Waals surface area contributed by atoms with Gasteiger partial charge in [0, 0.05) is 35.7 Å². The lowest BCUT2D eigenvalue weighted by molar-refractivity contribution is -0.384. The number of phenols is 1. The summed E-state index contributed by atoms with van der Waals surface area (Å²) in [4.78, 5) is 14.3. The molecule has 0 aliphatic rings. The summed E-state index contributed by atoms with van der Waals surface area (Å²) in [6, 6.07) is 7.18. The van der Waals surface area contributed by atoms with Gasteiger partial charge in [0.1, 0.15) is 5.75 Å². The van der Waals surface area contributed by atoms with E-state index in [1.165, 1.54) is 29.1 Å².